The largest absolute Gasteiger partial charge is 0.480 e. The number of rotatable bonds is 7. The third kappa shape index (κ3) is 7.06. The highest BCUT2D eigenvalue weighted by molar-refractivity contribution is 7.98. The van der Waals surface area contributed by atoms with Gasteiger partial charge in [-0.15, -0.1) is 0 Å². The van der Waals surface area contributed by atoms with E-state index in [1.54, 1.807) is 6.92 Å². The van der Waals surface area contributed by atoms with Gasteiger partial charge in [0.2, 0.25) is 0 Å². The van der Waals surface area contributed by atoms with Crippen LogP contribution in [0.25, 0.3) is 0 Å². The first-order valence-corrected chi connectivity index (χ1v) is 6.69. The van der Waals surface area contributed by atoms with Gasteiger partial charge < -0.3 is 20.4 Å². The first kappa shape index (κ1) is 16.1. The van der Waals surface area contributed by atoms with Crippen molar-refractivity contribution in [2.24, 2.45) is 0 Å². The number of likely N-dealkylation sites (N-methyl/N-ethyl adjacent to an activating group) is 1. The van der Waals surface area contributed by atoms with E-state index in [4.69, 9.17) is 10.2 Å². The normalized spacial score (nSPS) is 13.9. The van der Waals surface area contributed by atoms with Crippen LogP contribution in [0.4, 0.5) is 4.79 Å². The molecule has 17 heavy (non-hydrogen) atoms. The summed E-state index contributed by atoms with van der Waals surface area (Å²) in [5.41, 5.74) is 0. The molecule has 0 spiro atoms. The first-order chi connectivity index (χ1) is 7.88. The SMILES string of the molecule is CSCC[C@@H](NC(=O)N(C)CC(C)O)C(=O)O. The molecule has 7 heteroatoms. The molecular formula is C10H20N2O4S. The monoisotopic (exact) mass is 264 g/mol. The number of carbonyl (C=O) groups is 2. The van der Waals surface area contributed by atoms with E-state index in [9.17, 15) is 9.59 Å². The summed E-state index contributed by atoms with van der Waals surface area (Å²) in [4.78, 5) is 23.7. The fourth-order valence-corrected chi connectivity index (χ4v) is 1.70. The number of hydrogen-bond donors (Lipinski definition) is 3. The zero-order valence-corrected chi connectivity index (χ0v) is 11.2. The molecule has 0 bridgehead atoms. The van der Waals surface area contributed by atoms with Crippen molar-refractivity contribution in [3.63, 3.8) is 0 Å². The number of aliphatic hydroxyl groups is 1. The molecule has 0 aliphatic heterocycles. The van der Waals surface area contributed by atoms with Gasteiger partial charge in [0.1, 0.15) is 6.04 Å². The highest BCUT2D eigenvalue weighted by atomic mass is 32.2. The van der Waals surface area contributed by atoms with Crippen LogP contribution in [0, 0.1) is 0 Å². The van der Waals surface area contributed by atoms with Gasteiger partial charge in [-0.25, -0.2) is 9.59 Å². The maximum atomic E-state index is 11.6. The second-order valence-corrected chi connectivity index (χ2v) is 4.84. The summed E-state index contributed by atoms with van der Waals surface area (Å²) in [6, 6.07) is -1.37. The molecule has 0 aliphatic carbocycles. The van der Waals surface area contributed by atoms with Crippen molar-refractivity contribution in [2.75, 3.05) is 25.6 Å². The number of amides is 2. The number of carbonyl (C=O) groups excluding carboxylic acids is 1. The predicted molar refractivity (Wildman–Crippen MR) is 67.3 cm³/mol. The van der Waals surface area contributed by atoms with Gasteiger partial charge in [0.15, 0.2) is 0 Å². The van der Waals surface area contributed by atoms with Crippen LogP contribution in [-0.4, -0.2) is 64.9 Å². The van der Waals surface area contributed by atoms with Gasteiger partial charge in [-0.3, -0.25) is 0 Å². The van der Waals surface area contributed by atoms with E-state index in [1.165, 1.54) is 23.7 Å². The molecule has 0 radical (unpaired) electrons. The maximum Gasteiger partial charge on any atom is 0.326 e. The van der Waals surface area contributed by atoms with Crippen LogP contribution in [0.15, 0.2) is 0 Å². The number of carboxylic acid groups (broad SMARTS) is 1. The van der Waals surface area contributed by atoms with Crippen LogP contribution in [0.3, 0.4) is 0 Å². The Kier molecular flexibility index (Phi) is 7.73. The Morgan fingerprint density at radius 3 is 2.47 bits per heavy atom. The topological polar surface area (TPSA) is 89.9 Å². The first-order valence-electron chi connectivity index (χ1n) is 5.30. The number of urea groups is 1. The van der Waals surface area contributed by atoms with Crippen molar-refractivity contribution < 1.29 is 19.8 Å². The van der Waals surface area contributed by atoms with E-state index >= 15 is 0 Å². The Morgan fingerprint density at radius 2 is 2.06 bits per heavy atom. The molecular weight excluding hydrogens is 244 g/mol. The quantitative estimate of drug-likeness (QED) is 0.612. The summed E-state index contributed by atoms with van der Waals surface area (Å²) in [7, 11) is 1.51. The standard InChI is InChI=1S/C10H20N2O4S/c1-7(13)6-12(2)10(16)11-8(9(14)15)4-5-17-3/h7-8,13H,4-6H2,1-3H3,(H,11,16)(H,14,15)/t7?,8-/m1/s1. The van der Waals surface area contributed by atoms with Crippen molar-refractivity contribution in [1.82, 2.24) is 10.2 Å². The van der Waals surface area contributed by atoms with Gasteiger partial charge in [-0.2, -0.15) is 11.8 Å². The average molecular weight is 264 g/mol. The number of nitrogens with one attached hydrogen (secondary N) is 1. The number of carboxylic acids is 1. The van der Waals surface area contributed by atoms with Crippen LogP contribution < -0.4 is 5.32 Å². The van der Waals surface area contributed by atoms with Crippen molar-refractivity contribution in [3.8, 4) is 0 Å². The van der Waals surface area contributed by atoms with Crippen LogP contribution in [0.2, 0.25) is 0 Å². The lowest BCUT2D eigenvalue weighted by molar-refractivity contribution is -0.139. The zero-order chi connectivity index (χ0) is 13.4. The van der Waals surface area contributed by atoms with E-state index in [-0.39, 0.29) is 6.54 Å². The lowest BCUT2D eigenvalue weighted by Crippen LogP contribution is -2.48. The van der Waals surface area contributed by atoms with E-state index in [0.29, 0.717) is 12.2 Å². The Morgan fingerprint density at radius 1 is 1.47 bits per heavy atom. The second kappa shape index (κ2) is 8.19. The van der Waals surface area contributed by atoms with Crippen molar-refractivity contribution in [1.29, 1.82) is 0 Å². The summed E-state index contributed by atoms with van der Waals surface area (Å²) in [6.07, 6.45) is 1.62. The summed E-state index contributed by atoms with van der Waals surface area (Å²) < 4.78 is 0. The third-order valence-electron chi connectivity index (χ3n) is 2.09. The Hall–Kier alpha value is -0.950. The lowest BCUT2D eigenvalue weighted by Gasteiger charge is -2.22. The van der Waals surface area contributed by atoms with E-state index < -0.39 is 24.1 Å². The molecule has 100 valence electrons. The minimum absolute atomic E-state index is 0.167. The molecule has 0 heterocycles. The smallest absolute Gasteiger partial charge is 0.326 e. The highest BCUT2D eigenvalue weighted by Crippen LogP contribution is 2.02. The van der Waals surface area contributed by atoms with Crippen LogP contribution >= 0.6 is 11.8 Å². The molecule has 0 saturated carbocycles. The highest BCUT2D eigenvalue weighted by Gasteiger charge is 2.21. The molecule has 0 saturated heterocycles. The molecule has 0 fully saturated rings. The van der Waals surface area contributed by atoms with Gasteiger partial charge in [0, 0.05) is 13.6 Å². The van der Waals surface area contributed by atoms with Crippen LogP contribution in [-0.2, 0) is 4.79 Å². The van der Waals surface area contributed by atoms with Gasteiger partial charge >= 0.3 is 12.0 Å². The van der Waals surface area contributed by atoms with Crippen molar-refractivity contribution >= 4 is 23.8 Å². The molecule has 2 amide bonds. The molecule has 2 atom stereocenters. The minimum atomic E-state index is -1.04. The maximum absolute atomic E-state index is 11.6. The number of aliphatic hydroxyl groups excluding tert-OH is 1. The lowest BCUT2D eigenvalue weighted by atomic mass is 10.2. The molecule has 1 unspecified atom stereocenters. The molecule has 3 N–H and O–H groups in total. The van der Waals surface area contributed by atoms with Gasteiger partial charge in [-0.05, 0) is 25.4 Å². The number of aliphatic carboxylic acids is 1. The number of hydrogen-bond acceptors (Lipinski definition) is 4. The Balaban J connectivity index is 4.24. The molecule has 0 aromatic rings. The third-order valence-corrected chi connectivity index (χ3v) is 2.74. The zero-order valence-electron chi connectivity index (χ0n) is 10.3. The Labute approximate surface area is 105 Å². The number of nitrogens with zero attached hydrogens (tertiary/aromatic N) is 1. The fourth-order valence-electron chi connectivity index (χ4n) is 1.23. The van der Waals surface area contributed by atoms with Crippen molar-refractivity contribution in [2.45, 2.75) is 25.5 Å². The predicted octanol–water partition coefficient (Wildman–Crippen LogP) is 0.215. The average Bonchev–Trinajstić information content (AvgIpc) is 2.22. The summed E-state index contributed by atoms with van der Waals surface area (Å²) in [6.45, 7) is 1.73. The van der Waals surface area contributed by atoms with Gasteiger partial charge in [-0.1, -0.05) is 0 Å². The summed E-state index contributed by atoms with van der Waals surface area (Å²) in [5, 5.41) is 20.5. The molecule has 6 nitrogen and oxygen atoms in total. The summed E-state index contributed by atoms with van der Waals surface area (Å²) in [5.74, 6) is -0.380. The molecule has 0 aromatic carbocycles. The number of thioether (sulfide) groups is 1. The van der Waals surface area contributed by atoms with Crippen molar-refractivity contribution in [3.05, 3.63) is 0 Å². The molecule has 0 aliphatic rings. The fraction of sp³-hybridized carbons (Fsp3) is 0.800. The summed E-state index contributed by atoms with van der Waals surface area (Å²) >= 11 is 1.53. The van der Waals surface area contributed by atoms with E-state index in [0.717, 1.165) is 0 Å². The van der Waals surface area contributed by atoms with E-state index in [1.807, 2.05) is 6.26 Å². The Bertz CT molecular complexity index is 261. The second-order valence-electron chi connectivity index (χ2n) is 3.85. The molecule has 0 aromatic heterocycles. The van der Waals surface area contributed by atoms with Gasteiger partial charge in [0.25, 0.3) is 0 Å². The molecule has 0 rings (SSSR count). The van der Waals surface area contributed by atoms with Crippen LogP contribution in [0.1, 0.15) is 13.3 Å². The minimum Gasteiger partial charge on any atom is -0.480 e. The van der Waals surface area contributed by atoms with Gasteiger partial charge in [0.05, 0.1) is 6.10 Å². The van der Waals surface area contributed by atoms with Crippen LogP contribution in [0.5, 0.6) is 0 Å². The van der Waals surface area contributed by atoms with E-state index in [2.05, 4.69) is 5.32 Å².